The summed E-state index contributed by atoms with van der Waals surface area (Å²) in [6, 6.07) is 10.2. The van der Waals surface area contributed by atoms with E-state index in [2.05, 4.69) is 21.6 Å². The number of para-hydroxylation sites is 1. The van der Waals surface area contributed by atoms with Crippen LogP contribution in [0.4, 0.5) is 14.6 Å². The van der Waals surface area contributed by atoms with Crippen LogP contribution in [-0.4, -0.2) is 27.9 Å². The van der Waals surface area contributed by atoms with Gasteiger partial charge in [-0.05, 0) is 42.8 Å². The van der Waals surface area contributed by atoms with Crippen molar-refractivity contribution >= 4 is 22.4 Å². The van der Waals surface area contributed by atoms with Crippen LogP contribution in [0.5, 0.6) is 11.5 Å². The predicted molar refractivity (Wildman–Crippen MR) is 118 cm³/mol. The Hall–Kier alpha value is -3.98. The summed E-state index contributed by atoms with van der Waals surface area (Å²) in [5, 5.41) is 10.2. The van der Waals surface area contributed by atoms with E-state index in [1.54, 1.807) is 24.3 Å². The maximum absolute atomic E-state index is 13.9. The maximum atomic E-state index is 13.9. The normalized spacial score (nSPS) is 13.9. The molecule has 1 aliphatic rings. The van der Waals surface area contributed by atoms with Gasteiger partial charge in [-0.3, -0.25) is 4.79 Å². The fraction of sp³-hybridized carbons (Fsp3) is 0.130. The first-order valence-electron chi connectivity index (χ1n) is 10.0. The molecule has 0 saturated carbocycles. The topological polar surface area (TPSA) is 98.0 Å². The second kappa shape index (κ2) is 7.93. The van der Waals surface area contributed by atoms with Crippen LogP contribution >= 0.6 is 0 Å². The van der Waals surface area contributed by atoms with Crippen LogP contribution < -0.4 is 21.3 Å². The number of hydrogen-bond donors (Lipinski definition) is 3. The van der Waals surface area contributed by atoms with Crippen molar-refractivity contribution < 1.29 is 13.5 Å². The van der Waals surface area contributed by atoms with E-state index in [9.17, 15) is 13.6 Å². The Kier molecular flexibility index (Phi) is 4.95. The molecule has 3 heterocycles. The quantitative estimate of drug-likeness (QED) is 0.452. The molecule has 4 aromatic rings. The molecule has 5 rings (SSSR count). The molecule has 0 radical (unpaired) electrons. The second-order valence-electron chi connectivity index (χ2n) is 7.41. The minimum Gasteiger partial charge on any atom is -0.451 e. The van der Waals surface area contributed by atoms with E-state index in [1.807, 2.05) is 10.8 Å². The van der Waals surface area contributed by atoms with Gasteiger partial charge in [-0.15, -0.1) is 0 Å². The molecular weight excluding hydrogens is 416 g/mol. The number of nitrogens with one attached hydrogen (secondary N) is 2. The van der Waals surface area contributed by atoms with Gasteiger partial charge in [0.05, 0.1) is 5.39 Å². The zero-order chi connectivity index (χ0) is 22.2. The number of nitrogen functional groups attached to an aromatic ring is 1. The lowest BCUT2D eigenvalue weighted by atomic mass is 10.1. The van der Waals surface area contributed by atoms with Gasteiger partial charge in [-0.1, -0.05) is 24.3 Å². The van der Waals surface area contributed by atoms with Crippen molar-refractivity contribution in [3.8, 4) is 22.6 Å². The first-order valence-corrected chi connectivity index (χ1v) is 10.0. The summed E-state index contributed by atoms with van der Waals surface area (Å²) in [5.41, 5.74) is 8.61. The number of fused-ring (bicyclic) bond motifs is 1. The SMILES string of the molecule is Nc1n[nH]c(=O)c2c1c(-c1ccc(Oc3c(F)cccc3F)cc1)cn2C1=CCCNC1. The second-order valence-corrected chi connectivity index (χ2v) is 7.41. The molecular formula is C23H19F2N5O2. The van der Waals surface area contributed by atoms with Gasteiger partial charge in [0.2, 0.25) is 0 Å². The summed E-state index contributed by atoms with van der Waals surface area (Å²) in [4.78, 5) is 12.6. The van der Waals surface area contributed by atoms with Gasteiger partial charge in [0.15, 0.2) is 23.2 Å². The van der Waals surface area contributed by atoms with Crippen LogP contribution in [0.25, 0.3) is 27.7 Å². The van der Waals surface area contributed by atoms with E-state index in [1.165, 1.54) is 6.07 Å². The minimum atomic E-state index is -0.787. The third kappa shape index (κ3) is 3.42. The molecule has 0 unspecified atom stereocenters. The lowest BCUT2D eigenvalue weighted by Gasteiger charge is -2.16. The number of ether oxygens (including phenoxy) is 1. The molecule has 4 N–H and O–H groups in total. The van der Waals surface area contributed by atoms with Gasteiger partial charge < -0.3 is 20.4 Å². The molecule has 2 aromatic heterocycles. The Morgan fingerprint density at radius 1 is 1.09 bits per heavy atom. The monoisotopic (exact) mass is 435 g/mol. The smallest absolute Gasteiger partial charge is 0.289 e. The van der Waals surface area contributed by atoms with Crippen LogP contribution in [0.15, 0.2) is 59.5 Å². The van der Waals surface area contributed by atoms with Crippen molar-refractivity contribution in [1.29, 1.82) is 0 Å². The maximum Gasteiger partial charge on any atom is 0.289 e. The largest absolute Gasteiger partial charge is 0.451 e. The Morgan fingerprint density at radius 3 is 2.53 bits per heavy atom. The van der Waals surface area contributed by atoms with E-state index in [-0.39, 0.29) is 17.1 Å². The summed E-state index contributed by atoms with van der Waals surface area (Å²) in [6.45, 7) is 1.49. The highest BCUT2D eigenvalue weighted by Gasteiger charge is 2.20. The summed E-state index contributed by atoms with van der Waals surface area (Å²) < 4.78 is 35.0. The molecule has 162 valence electrons. The molecule has 0 saturated heterocycles. The Morgan fingerprint density at radius 2 is 1.84 bits per heavy atom. The van der Waals surface area contributed by atoms with Gasteiger partial charge in [0.1, 0.15) is 11.3 Å². The summed E-state index contributed by atoms with van der Waals surface area (Å²) in [7, 11) is 0. The summed E-state index contributed by atoms with van der Waals surface area (Å²) in [6.07, 6.45) is 4.78. The molecule has 0 fully saturated rings. The number of halogens is 2. The fourth-order valence-corrected chi connectivity index (χ4v) is 3.87. The predicted octanol–water partition coefficient (Wildman–Crippen LogP) is 3.88. The highest BCUT2D eigenvalue weighted by atomic mass is 19.1. The Bertz CT molecular complexity index is 1390. The molecule has 0 amide bonds. The first-order chi connectivity index (χ1) is 15.5. The average molecular weight is 435 g/mol. The van der Waals surface area contributed by atoms with Crippen molar-refractivity contribution in [1.82, 2.24) is 20.1 Å². The molecule has 0 bridgehead atoms. The number of rotatable bonds is 4. The van der Waals surface area contributed by atoms with Crippen LogP contribution in [-0.2, 0) is 0 Å². The summed E-state index contributed by atoms with van der Waals surface area (Å²) in [5.74, 6) is -1.57. The van der Waals surface area contributed by atoms with Crippen LogP contribution in [0.3, 0.4) is 0 Å². The number of hydrogen-bond acceptors (Lipinski definition) is 5. The van der Waals surface area contributed by atoms with Gasteiger partial charge >= 0.3 is 0 Å². The minimum absolute atomic E-state index is 0.200. The highest BCUT2D eigenvalue weighted by molar-refractivity contribution is 6.03. The molecule has 9 heteroatoms. The number of benzene rings is 2. The van der Waals surface area contributed by atoms with Crippen molar-refractivity contribution in [2.75, 3.05) is 18.8 Å². The lowest BCUT2D eigenvalue weighted by Crippen LogP contribution is -2.25. The van der Waals surface area contributed by atoms with E-state index in [0.717, 1.165) is 36.4 Å². The fourth-order valence-electron chi connectivity index (χ4n) is 3.87. The molecule has 0 aliphatic carbocycles. The molecule has 32 heavy (non-hydrogen) atoms. The third-order valence-corrected chi connectivity index (χ3v) is 5.38. The number of anilines is 1. The molecule has 0 atom stereocenters. The summed E-state index contributed by atoms with van der Waals surface area (Å²) >= 11 is 0. The third-order valence-electron chi connectivity index (χ3n) is 5.38. The van der Waals surface area contributed by atoms with Gasteiger partial charge in [0, 0.05) is 24.0 Å². The zero-order valence-electron chi connectivity index (χ0n) is 16.9. The van der Waals surface area contributed by atoms with Gasteiger partial charge in [-0.2, -0.15) is 5.10 Å². The molecule has 1 aliphatic heterocycles. The van der Waals surface area contributed by atoms with Crippen molar-refractivity contribution in [3.63, 3.8) is 0 Å². The highest BCUT2D eigenvalue weighted by Crippen LogP contribution is 2.35. The zero-order valence-corrected chi connectivity index (χ0v) is 16.9. The van der Waals surface area contributed by atoms with Crippen LogP contribution in [0.2, 0.25) is 0 Å². The van der Waals surface area contributed by atoms with E-state index in [4.69, 9.17) is 10.5 Å². The number of aromatic nitrogens is 3. The standard InChI is InChI=1S/C23H19F2N5O2/c24-17-4-1-5-18(25)21(17)32-15-8-6-13(7-9-15)16-12-30(14-3-2-10-27-11-14)20-19(16)22(26)28-29-23(20)31/h1,3-9,12,27H,2,10-11H2,(H2,26,28)(H,29,31). The van der Waals surface area contributed by atoms with E-state index in [0.29, 0.717) is 23.0 Å². The number of nitrogens with zero attached hydrogens (tertiary/aromatic N) is 2. The average Bonchev–Trinajstić information content (AvgIpc) is 3.22. The molecule has 7 nitrogen and oxygen atoms in total. The number of H-pyrrole nitrogens is 1. The van der Waals surface area contributed by atoms with Gasteiger partial charge in [0.25, 0.3) is 5.56 Å². The lowest BCUT2D eigenvalue weighted by molar-refractivity contribution is 0.407. The van der Waals surface area contributed by atoms with E-state index >= 15 is 0 Å². The van der Waals surface area contributed by atoms with E-state index < -0.39 is 17.4 Å². The molecule has 0 spiro atoms. The Labute approximate surface area is 181 Å². The van der Waals surface area contributed by atoms with Crippen LogP contribution in [0.1, 0.15) is 6.42 Å². The number of nitrogens with two attached hydrogens (primary N) is 1. The molecule has 2 aromatic carbocycles. The number of aromatic amines is 1. The Balaban J connectivity index is 1.58. The van der Waals surface area contributed by atoms with Crippen molar-refractivity contribution in [3.05, 3.63) is 76.7 Å². The van der Waals surface area contributed by atoms with Crippen molar-refractivity contribution in [2.24, 2.45) is 0 Å². The van der Waals surface area contributed by atoms with Crippen molar-refractivity contribution in [2.45, 2.75) is 6.42 Å². The first kappa shape index (κ1) is 20.0. The van der Waals surface area contributed by atoms with Crippen LogP contribution in [0, 0.1) is 11.6 Å². The van der Waals surface area contributed by atoms with Gasteiger partial charge in [-0.25, -0.2) is 13.9 Å².